The molecule has 3 nitrogen and oxygen atoms in total. The second-order valence-corrected chi connectivity index (χ2v) is 3.92. The Kier molecular flexibility index (Phi) is 4.99. The molecule has 1 amide bonds. The van der Waals surface area contributed by atoms with Gasteiger partial charge in [0.1, 0.15) is 0 Å². The number of carbonyl (C=O) groups is 1. The van der Waals surface area contributed by atoms with Crippen molar-refractivity contribution in [1.29, 1.82) is 0 Å². The zero-order valence-electron chi connectivity index (χ0n) is 10.1. The summed E-state index contributed by atoms with van der Waals surface area (Å²) in [6.07, 6.45) is 1.73. The largest absolute Gasteiger partial charge is 0.342 e. The molecule has 0 atom stereocenters. The van der Waals surface area contributed by atoms with E-state index >= 15 is 0 Å². The fourth-order valence-electron chi connectivity index (χ4n) is 1.75. The lowest BCUT2D eigenvalue weighted by Gasteiger charge is -2.18. The molecule has 0 heterocycles. The first-order chi connectivity index (χ1) is 7.70. The predicted molar refractivity (Wildman–Crippen MR) is 66.5 cm³/mol. The maximum atomic E-state index is 12.1. The van der Waals surface area contributed by atoms with E-state index in [1.54, 1.807) is 4.90 Å². The highest BCUT2D eigenvalue weighted by Gasteiger charge is 2.13. The Hall–Kier alpha value is -1.35. The minimum absolute atomic E-state index is 0.0888. The fraction of sp³-hybridized carbons (Fsp3) is 0.462. The van der Waals surface area contributed by atoms with Crippen LogP contribution in [0.5, 0.6) is 0 Å². The molecule has 88 valence electrons. The van der Waals surface area contributed by atoms with E-state index in [4.69, 9.17) is 5.73 Å². The summed E-state index contributed by atoms with van der Waals surface area (Å²) >= 11 is 0. The van der Waals surface area contributed by atoms with E-state index in [1.165, 1.54) is 0 Å². The summed E-state index contributed by atoms with van der Waals surface area (Å²) in [7, 11) is 1.84. The van der Waals surface area contributed by atoms with E-state index in [-0.39, 0.29) is 5.91 Å². The van der Waals surface area contributed by atoms with Gasteiger partial charge in [0.25, 0.3) is 5.91 Å². The number of rotatable bonds is 5. The van der Waals surface area contributed by atoms with Crippen molar-refractivity contribution in [3.8, 4) is 0 Å². The lowest BCUT2D eigenvalue weighted by Crippen LogP contribution is -2.28. The van der Waals surface area contributed by atoms with Crippen molar-refractivity contribution in [2.24, 2.45) is 5.73 Å². The predicted octanol–water partition coefficient (Wildman–Crippen LogP) is 1.67. The van der Waals surface area contributed by atoms with Crippen molar-refractivity contribution in [3.05, 3.63) is 35.4 Å². The molecule has 0 aromatic heterocycles. The van der Waals surface area contributed by atoms with Crippen LogP contribution in [-0.2, 0) is 6.42 Å². The van der Waals surface area contributed by atoms with Crippen molar-refractivity contribution in [1.82, 2.24) is 4.90 Å². The second kappa shape index (κ2) is 6.28. The summed E-state index contributed by atoms with van der Waals surface area (Å²) in [6.45, 7) is 3.42. The average molecular weight is 220 g/mol. The molecule has 0 aliphatic rings. The molecule has 0 unspecified atom stereocenters. The number of amides is 1. The summed E-state index contributed by atoms with van der Waals surface area (Å²) in [4.78, 5) is 13.9. The Labute approximate surface area is 97.2 Å². The first-order valence-electron chi connectivity index (χ1n) is 5.74. The number of hydrogen-bond acceptors (Lipinski definition) is 2. The normalized spacial score (nSPS) is 10.2. The Morgan fingerprint density at radius 3 is 2.69 bits per heavy atom. The molecular weight excluding hydrogens is 200 g/mol. The van der Waals surface area contributed by atoms with Gasteiger partial charge in [0.2, 0.25) is 0 Å². The zero-order valence-corrected chi connectivity index (χ0v) is 10.1. The number of carbonyl (C=O) groups excluding carboxylic acids is 1. The molecule has 3 heteroatoms. The minimum Gasteiger partial charge on any atom is -0.342 e. The van der Waals surface area contributed by atoms with Crippen LogP contribution in [0.3, 0.4) is 0 Å². The van der Waals surface area contributed by atoms with Crippen molar-refractivity contribution < 1.29 is 4.79 Å². The highest BCUT2D eigenvalue weighted by molar-refractivity contribution is 5.95. The number of hydrogen-bond donors (Lipinski definition) is 1. The first kappa shape index (κ1) is 12.7. The monoisotopic (exact) mass is 220 g/mol. The Balaban J connectivity index is 2.89. The molecule has 0 saturated heterocycles. The van der Waals surface area contributed by atoms with E-state index in [9.17, 15) is 4.79 Å². The summed E-state index contributed by atoms with van der Waals surface area (Å²) in [5.74, 6) is 0.0888. The molecule has 16 heavy (non-hydrogen) atoms. The van der Waals surface area contributed by atoms with Crippen LogP contribution in [0.15, 0.2) is 24.3 Å². The topological polar surface area (TPSA) is 46.3 Å². The quantitative estimate of drug-likeness (QED) is 0.820. The highest BCUT2D eigenvalue weighted by atomic mass is 16.2. The molecule has 0 spiro atoms. The molecule has 0 bridgehead atoms. The van der Waals surface area contributed by atoms with Crippen LogP contribution in [0.2, 0.25) is 0 Å². The van der Waals surface area contributed by atoms with Crippen LogP contribution < -0.4 is 5.73 Å². The third-order valence-corrected chi connectivity index (χ3v) is 2.57. The van der Waals surface area contributed by atoms with Gasteiger partial charge in [-0.25, -0.2) is 0 Å². The van der Waals surface area contributed by atoms with Crippen molar-refractivity contribution in [3.63, 3.8) is 0 Å². The van der Waals surface area contributed by atoms with Crippen molar-refractivity contribution in [2.45, 2.75) is 19.8 Å². The van der Waals surface area contributed by atoms with Gasteiger partial charge in [-0.1, -0.05) is 25.1 Å². The standard InChI is InChI=1S/C13H20N2O/c1-3-10-15(2)13(16)12-7-5-4-6-11(12)8-9-14/h4-7H,3,8-10,14H2,1-2H3. The summed E-state index contributed by atoms with van der Waals surface area (Å²) < 4.78 is 0. The van der Waals surface area contributed by atoms with E-state index in [1.807, 2.05) is 31.3 Å². The van der Waals surface area contributed by atoms with Crippen LogP contribution in [0.4, 0.5) is 0 Å². The van der Waals surface area contributed by atoms with Crippen LogP contribution in [0.25, 0.3) is 0 Å². The smallest absolute Gasteiger partial charge is 0.253 e. The van der Waals surface area contributed by atoms with E-state index in [0.29, 0.717) is 6.54 Å². The van der Waals surface area contributed by atoms with Gasteiger partial charge in [-0.2, -0.15) is 0 Å². The Bertz CT molecular complexity index is 350. The van der Waals surface area contributed by atoms with Gasteiger partial charge in [-0.15, -0.1) is 0 Å². The molecule has 2 N–H and O–H groups in total. The van der Waals surface area contributed by atoms with E-state index < -0.39 is 0 Å². The average Bonchev–Trinajstić information content (AvgIpc) is 2.29. The molecule has 0 aliphatic heterocycles. The van der Waals surface area contributed by atoms with Gasteiger partial charge < -0.3 is 10.6 Å². The number of nitrogens with zero attached hydrogens (tertiary/aromatic N) is 1. The molecule has 1 rings (SSSR count). The highest BCUT2D eigenvalue weighted by Crippen LogP contribution is 2.11. The molecule has 1 aromatic rings. The second-order valence-electron chi connectivity index (χ2n) is 3.92. The fourth-order valence-corrected chi connectivity index (χ4v) is 1.75. The van der Waals surface area contributed by atoms with Gasteiger partial charge in [-0.05, 0) is 31.0 Å². The molecule has 0 saturated carbocycles. The van der Waals surface area contributed by atoms with Gasteiger partial charge >= 0.3 is 0 Å². The van der Waals surface area contributed by atoms with Gasteiger partial charge in [0.15, 0.2) is 0 Å². The summed E-state index contributed by atoms with van der Waals surface area (Å²) in [5, 5.41) is 0. The number of nitrogens with two attached hydrogens (primary N) is 1. The molecule has 0 radical (unpaired) electrons. The van der Waals surface area contributed by atoms with Crippen LogP contribution >= 0.6 is 0 Å². The maximum absolute atomic E-state index is 12.1. The SMILES string of the molecule is CCCN(C)C(=O)c1ccccc1CCN. The van der Waals surface area contributed by atoms with E-state index in [0.717, 1.165) is 30.5 Å². The van der Waals surface area contributed by atoms with Crippen LogP contribution in [0.1, 0.15) is 29.3 Å². The minimum atomic E-state index is 0.0888. The van der Waals surface area contributed by atoms with E-state index in [2.05, 4.69) is 6.92 Å². The van der Waals surface area contributed by atoms with Crippen molar-refractivity contribution >= 4 is 5.91 Å². The summed E-state index contributed by atoms with van der Waals surface area (Å²) in [6, 6.07) is 7.69. The van der Waals surface area contributed by atoms with Gasteiger partial charge in [0, 0.05) is 19.2 Å². The van der Waals surface area contributed by atoms with Gasteiger partial charge in [0.05, 0.1) is 0 Å². The van der Waals surface area contributed by atoms with Crippen LogP contribution in [0, 0.1) is 0 Å². The first-order valence-corrected chi connectivity index (χ1v) is 5.74. The van der Waals surface area contributed by atoms with Crippen LogP contribution in [-0.4, -0.2) is 30.9 Å². The molecule has 0 aliphatic carbocycles. The third kappa shape index (κ3) is 3.07. The van der Waals surface area contributed by atoms with Crippen molar-refractivity contribution in [2.75, 3.05) is 20.1 Å². The third-order valence-electron chi connectivity index (χ3n) is 2.57. The molecular formula is C13H20N2O. The lowest BCUT2D eigenvalue weighted by molar-refractivity contribution is 0.0794. The van der Waals surface area contributed by atoms with Gasteiger partial charge in [-0.3, -0.25) is 4.79 Å². The molecule has 1 aromatic carbocycles. The molecule has 0 fully saturated rings. The Morgan fingerprint density at radius 1 is 1.38 bits per heavy atom. The Morgan fingerprint density at radius 2 is 2.06 bits per heavy atom. The lowest BCUT2D eigenvalue weighted by atomic mass is 10.0. The number of benzene rings is 1. The zero-order chi connectivity index (χ0) is 12.0. The maximum Gasteiger partial charge on any atom is 0.253 e. The summed E-state index contributed by atoms with van der Waals surface area (Å²) in [5.41, 5.74) is 7.36.